The fourth-order valence-electron chi connectivity index (χ4n) is 3.34. The Balaban J connectivity index is 1.37. The van der Waals surface area contributed by atoms with Gasteiger partial charge in [-0.3, -0.25) is 14.2 Å². The molecule has 1 amide bonds. The summed E-state index contributed by atoms with van der Waals surface area (Å²) < 4.78 is 8.59. The highest BCUT2D eigenvalue weighted by Gasteiger charge is 2.13. The Kier molecular flexibility index (Phi) is 5.79. The van der Waals surface area contributed by atoms with Crippen LogP contribution < -0.4 is 15.6 Å². The van der Waals surface area contributed by atoms with Gasteiger partial charge in [0.2, 0.25) is 5.91 Å². The fourth-order valence-corrected chi connectivity index (χ4v) is 3.34. The van der Waals surface area contributed by atoms with Gasteiger partial charge in [-0.05, 0) is 37.6 Å². The predicted octanol–water partition coefficient (Wildman–Crippen LogP) is 2.39. The zero-order valence-corrected chi connectivity index (χ0v) is 17.4. The van der Waals surface area contributed by atoms with E-state index in [-0.39, 0.29) is 18.0 Å². The number of para-hydroxylation sites is 1. The summed E-state index contributed by atoms with van der Waals surface area (Å²) in [6.07, 6.45) is 2.85. The second kappa shape index (κ2) is 8.83. The van der Waals surface area contributed by atoms with Crippen molar-refractivity contribution in [2.75, 3.05) is 13.2 Å². The van der Waals surface area contributed by atoms with Crippen molar-refractivity contribution in [3.8, 4) is 11.4 Å². The van der Waals surface area contributed by atoms with E-state index in [4.69, 9.17) is 4.74 Å². The number of amides is 1. The standard InChI is InChI=1S/C23H23N5O3/c1-16-8-9-20(17(2)12-16)31-11-10-24-21(29)14-27-15-25-22-19(23(27)30)13-26-28(22)18-6-4-3-5-7-18/h3-9,12-13,15H,10-11,14H2,1-2H3,(H,24,29). The molecule has 8 nitrogen and oxygen atoms in total. The van der Waals surface area contributed by atoms with Crippen LogP contribution in [0.3, 0.4) is 0 Å². The Morgan fingerprint density at radius 1 is 1.13 bits per heavy atom. The lowest BCUT2D eigenvalue weighted by Gasteiger charge is -2.11. The Morgan fingerprint density at radius 2 is 1.94 bits per heavy atom. The van der Waals surface area contributed by atoms with Gasteiger partial charge in [0.25, 0.3) is 5.56 Å². The largest absolute Gasteiger partial charge is 0.491 e. The average Bonchev–Trinajstić information content (AvgIpc) is 3.20. The first-order valence-corrected chi connectivity index (χ1v) is 9.98. The van der Waals surface area contributed by atoms with Crippen molar-refractivity contribution < 1.29 is 9.53 Å². The Hall–Kier alpha value is -3.94. The summed E-state index contributed by atoms with van der Waals surface area (Å²) >= 11 is 0. The zero-order chi connectivity index (χ0) is 21.8. The summed E-state index contributed by atoms with van der Waals surface area (Å²) in [4.78, 5) is 29.4. The molecule has 0 atom stereocenters. The van der Waals surface area contributed by atoms with E-state index in [1.165, 1.54) is 22.7 Å². The maximum absolute atomic E-state index is 12.8. The van der Waals surface area contributed by atoms with Crippen molar-refractivity contribution in [2.24, 2.45) is 0 Å². The van der Waals surface area contributed by atoms with E-state index in [1.807, 2.05) is 62.4 Å². The van der Waals surface area contributed by atoms with E-state index in [0.717, 1.165) is 17.0 Å². The lowest BCUT2D eigenvalue weighted by molar-refractivity contribution is -0.121. The van der Waals surface area contributed by atoms with Crippen LogP contribution in [0.1, 0.15) is 11.1 Å². The molecule has 8 heteroatoms. The molecule has 4 aromatic rings. The van der Waals surface area contributed by atoms with E-state index in [1.54, 1.807) is 4.68 Å². The number of aromatic nitrogens is 4. The van der Waals surface area contributed by atoms with Gasteiger partial charge >= 0.3 is 0 Å². The molecule has 2 aromatic heterocycles. The topological polar surface area (TPSA) is 91.0 Å². The predicted molar refractivity (Wildman–Crippen MR) is 118 cm³/mol. The molecule has 0 spiro atoms. The summed E-state index contributed by atoms with van der Waals surface area (Å²) in [5, 5.41) is 7.40. The number of hydrogen-bond acceptors (Lipinski definition) is 5. The molecule has 0 radical (unpaired) electrons. The third-order valence-corrected chi connectivity index (χ3v) is 4.88. The highest BCUT2D eigenvalue weighted by atomic mass is 16.5. The third kappa shape index (κ3) is 4.48. The van der Waals surface area contributed by atoms with E-state index < -0.39 is 0 Å². The number of hydrogen-bond donors (Lipinski definition) is 1. The molecule has 2 aromatic carbocycles. The normalized spacial score (nSPS) is 10.9. The van der Waals surface area contributed by atoms with Crippen molar-refractivity contribution in [3.63, 3.8) is 0 Å². The number of ether oxygens (including phenoxy) is 1. The van der Waals surface area contributed by atoms with E-state index in [0.29, 0.717) is 24.2 Å². The molecule has 0 saturated heterocycles. The second-order valence-corrected chi connectivity index (χ2v) is 7.27. The summed E-state index contributed by atoms with van der Waals surface area (Å²) in [5.74, 6) is 0.504. The molecule has 0 saturated carbocycles. The van der Waals surface area contributed by atoms with Crippen LogP contribution in [0.2, 0.25) is 0 Å². The Labute approximate surface area is 179 Å². The SMILES string of the molecule is Cc1ccc(OCCNC(=O)Cn2cnc3c(cnn3-c3ccccc3)c2=O)c(C)c1. The van der Waals surface area contributed by atoms with Gasteiger partial charge in [-0.25, -0.2) is 9.67 Å². The fraction of sp³-hybridized carbons (Fsp3) is 0.217. The highest BCUT2D eigenvalue weighted by Crippen LogP contribution is 2.18. The number of rotatable bonds is 7. The molecule has 0 fully saturated rings. The van der Waals surface area contributed by atoms with Crippen LogP contribution in [0.4, 0.5) is 0 Å². The van der Waals surface area contributed by atoms with Crippen molar-refractivity contribution in [3.05, 3.63) is 82.5 Å². The maximum Gasteiger partial charge on any atom is 0.264 e. The summed E-state index contributed by atoms with van der Waals surface area (Å²) in [7, 11) is 0. The van der Waals surface area contributed by atoms with E-state index >= 15 is 0 Å². The lowest BCUT2D eigenvalue weighted by atomic mass is 10.1. The minimum absolute atomic E-state index is 0.123. The quantitative estimate of drug-likeness (QED) is 0.466. The van der Waals surface area contributed by atoms with Crippen molar-refractivity contribution in [1.82, 2.24) is 24.6 Å². The van der Waals surface area contributed by atoms with Gasteiger partial charge < -0.3 is 10.1 Å². The van der Waals surface area contributed by atoms with Gasteiger partial charge in [-0.1, -0.05) is 35.9 Å². The molecular weight excluding hydrogens is 394 g/mol. The lowest BCUT2D eigenvalue weighted by Crippen LogP contribution is -2.34. The Morgan fingerprint density at radius 3 is 2.71 bits per heavy atom. The van der Waals surface area contributed by atoms with Gasteiger partial charge in [-0.15, -0.1) is 0 Å². The molecule has 0 unspecified atom stereocenters. The van der Waals surface area contributed by atoms with E-state index in [2.05, 4.69) is 15.4 Å². The number of benzene rings is 2. The van der Waals surface area contributed by atoms with Crippen LogP contribution in [0.5, 0.6) is 5.75 Å². The van der Waals surface area contributed by atoms with Gasteiger partial charge in [0.05, 0.1) is 18.4 Å². The molecule has 2 heterocycles. The molecule has 1 N–H and O–H groups in total. The second-order valence-electron chi connectivity index (χ2n) is 7.27. The number of nitrogens with one attached hydrogen (secondary N) is 1. The minimum Gasteiger partial charge on any atom is -0.491 e. The van der Waals surface area contributed by atoms with Gasteiger partial charge in [0, 0.05) is 0 Å². The van der Waals surface area contributed by atoms with Gasteiger partial charge in [0.15, 0.2) is 5.65 Å². The van der Waals surface area contributed by atoms with Crippen molar-refractivity contribution >= 4 is 16.9 Å². The van der Waals surface area contributed by atoms with Crippen LogP contribution >= 0.6 is 0 Å². The van der Waals surface area contributed by atoms with Crippen LogP contribution in [-0.4, -0.2) is 38.4 Å². The molecule has 0 aliphatic carbocycles. The number of aryl methyl sites for hydroxylation is 2. The molecular formula is C23H23N5O3. The van der Waals surface area contributed by atoms with Gasteiger partial charge in [-0.2, -0.15) is 5.10 Å². The first-order chi connectivity index (χ1) is 15.0. The van der Waals surface area contributed by atoms with Gasteiger partial charge in [0.1, 0.15) is 30.6 Å². The van der Waals surface area contributed by atoms with Crippen molar-refractivity contribution in [2.45, 2.75) is 20.4 Å². The Bertz CT molecular complexity index is 1280. The first kappa shape index (κ1) is 20.3. The van der Waals surface area contributed by atoms with Crippen LogP contribution in [0.15, 0.2) is 65.8 Å². The molecule has 0 aliphatic heterocycles. The maximum atomic E-state index is 12.8. The molecule has 0 aliphatic rings. The monoisotopic (exact) mass is 417 g/mol. The third-order valence-electron chi connectivity index (χ3n) is 4.88. The smallest absolute Gasteiger partial charge is 0.264 e. The highest BCUT2D eigenvalue weighted by molar-refractivity contribution is 5.77. The van der Waals surface area contributed by atoms with Crippen LogP contribution in [0, 0.1) is 13.8 Å². The molecule has 31 heavy (non-hydrogen) atoms. The number of fused-ring (bicyclic) bond motifs is 1. The van der Waals surface area contributed by atoms with Crippen LogP contribution in [0.25, 0.3) is 16.7 Å². The number of carbonyl (C=O) groups excluding carboxylic acids is 1. The number of carbonyl (C=O) groups is 1. The van der Waals surface area contributed by atoms with Crippen molar-refractivity contribution in [1.29, 1.82) is 0 Å². The number of nitrogens with zero attached hydrogens (tertiary/aromatic N) is 4. The van der Waals surface area contributed by atoms with E-state index in [9.17, 15) is 9.59 Å². The average molecular weight is 417 g/mol. The minimum atomic E-state index is -0.311. The summed E-state index contributed by atoms with van der Waals surface area (Å²) in [6, 6.07) is 15.4. The molecule has 4 rings (SSSR count). The first-order valence-electron chi connectivity index (χ1n) is 9.98. The molecule has 158 valence electrons. The van der Waals surface area contributed by atoms with Crippen LogP contribution in [-0.2, 0) is 11.3 Å². The summed E-state index contributed by atoms with van der Waals surface area (Å²) in [5.41, 5.74) is 3.17. The molecule has 0 bridgehead atoms. The summed E-state index contributed by atoms with van der Waals surface area (Å²) in [6.45, 7) is 4.56. The zero-order valence-electron chi connectivity index (χ0n) is 17.4.